The van der Waals surface area contributed by atoms with Gasteiger partial charge in [-0.1, -0.05) is 12.1 Å². The zero-order valence-corrected chi connectivity index (χ0v) is 18.1. The molecule has 0 saturated carbocycles. The molecule has 1 amide bonds. The fourth-order valence-corrected chi connectivity index (χ4v) is 3.92. The molecule has 7 nitrogen and oxygen atoms in total. The van der Waals surface area contributed by atoms with E-state index in [1.165, 1.54) is 31.4 Å². The minimum atomic E-state index is -0.745. The summed E-state index contributed by atoms with van der Waals surface area (Å²) >= 11 is 0. The van der Waals surface area contributed by atoms with Crippen LogP contribution in [-0.4, -0.2) is 30.0 Å². The highest BCUT2D eigenvalue weighted by molar-refractivity contribution is 6.11. The van der Waals surface area contributed by atoms with Crippen molar-refractivity contribution in [1.82, 2.24) is 0 Å². The molecule has 3 rings (SSSR count). The molecular weight excluding hydrogens is 398 g/mol. The molecule has 1 aliphatic rings. The zero-order valence-electron chi connectivity index (χ0n) is 18.1. The molecular formula is C24H27NO6. The number of benzene rings is 1. The highest BCUT2D eigenvalue weighted by Crippen LogP contribution is 2.29. The Bertz CT molecular complexity index is 1030. The van der Waals surface area contributed by atoms with Gasteiger partial charge in [-0.3, -0.25) is 19.7 Å². The number of anilines is 1. The average molecular weight is 425 g/mol. The fraction of sp³-hybridized carbons (Fsp3) is 0.417. The Morgan fingerprint density at radius 1 is 1.03 bits per heavy atom. The van der Waals surface area contributed by atoms with Crippen LogP contribution in [0.1, 0.15) is 87.5 Å². The number of carbonyl (C=O) groups excluding carboxylic acids is 4. The molecule has 0 atom stereocenters. The second kappa shape index (κ2) is 9.73. The second-order valence-electron chi connectivity index (χ2n) is 7.68. The molecule has 0 saturated heterocycles. The maximum atomic E-state index is 12.6. The standard InChI is InChI=1S/C24H27NO6/c1-4-30-24(29)22-21(14(2)26)15(3)31-23(22)25-20(28)12-11-19(27)18-10-9-16-7-5-6-8-17(16)13-18/h9-10,13H,4-8,11-12H2,1-3H3,(H,25,28). The monoisotopic (exact) mass is 425 g/mol. The summed E-state index contributed by atoms with van der Waals surface area (Å²) in [6.45, 7) is 4.60. The molecule has 1 aromatic heterocycles. The van der Waals surface area contributed by atoms with Crippen molar-refractivity contribution in [2.45, 2.75) is 59.3 Å². The van der Waals surface area contributed by atoms with Crippen molar-refractivity contribution in [3.8, 4) is 0 Å². The van der Waals surface area contributed by atoms with Gasteiger partial charge in [-0.05, 0) is 63.6 Å². The third kappa shape index (κ3) is 5.10. The van der Waals surface area contributed by atoms with E-state index >= 15 is 0 Å². The molecule has 31 heavy (non-hydrogen) atoms. The van der Waals surface area contributed by atoms with Gasteiger partial charge in [0.15, 0.2) is 11.6 Å². The van der Waals surface area contributed by atoms with Gasteiger partial charge in [-0.2, -0.15) is 0 Å². The lowest BCUT2D eigenvalue weighted by atomic mass is 9.89. The highest BCUT2D eigenvalue weighted by Gasteiger charge is 2.28. The van der Waals surface area contributed by atoms with Crippen LogP contribution in [0.4, 0.5) is 5.88 Å². The molecule has 1 aromatic carbocycles. The number of rotatable bonds is 8. The van der Waals surface area contributed by atoms with Crippen LogP contribution < -0.4 is 5.32 Å². The Morgan fingerprint density at radius 2 is 1.74 bits per heavy atom. The van der Waals surface area contributed by atoms with Crippen LogP contribution in [-0.2, 0) is 22.4 Å². The highest BCUT2D eigenvalue weighted by atomic mass is 16.5. The smallest absolute Gasteiger partial charge is 0.344 e. The number of carbonyl (C=O) groups is 4. The number of fused-ring (bicyclic) bond motifs is 1. The van der Waals surface area contributed by atoms with E-state index in [1.54, 1.807) is 6.92 Å². The van der Waals surface area contributed by atoms with Crippen molar-refractivity contribution < 1.29 is 28.3 Å². The molecule has 0 aliphatic heterocycles. The average Bonchev–Trinajstić information content (AvgIpc) is 3.07. The van der Waals surface area contributed by atoms with Crippen molar-refractivity contribution in [2.24, 2.45) is 0 Å². The number of furan rings is 1. The van der Waals surface area contributed by atoms with Crippen LogP contribution in [0, 0.1) is 6.92 Å². The van der Waals surface area contributed by atoms with Crippen LogP contribution in [0.25, 0.3) is 0 Å². The van der Waals surface area contributed by atoms with Gasteiger partial charge in [0.1, 0.15) is 11.3 Å². The minimum absolute atomic E-state index is 0.0264. The lowest BCUT2D eigenvalue weighted by Gasteiger charge is -2.16. The maximum absolute atomic E-state index is 12.6. The summed E-state index contributed by atoms with van der Waals surface area (Å²) in [4.78, 5) is 49.3. The van der Waals surface area contributed by atoms with Crippen LogP contribution in [0.3, 0.4) is 0 Å². The number of aryl methyl sites for hydroxylation is 3. The number of hydrogen-bond acceptors (Lipinski definition) is 6. The number of hydrogen-bond donors (Lipinski definition) is 1. The lowest BCUT2D eigenvalue weighted by Crippen LogP contribution is -2.17. The summed E-state index contributed by atoms with van der Waals surface area (Å²) in [7, 11) is 0. The van der Waals surface area contributed by atoms with Crippen LogP contribution in [0.15, 0.2) is 22.6 Å². The normalized spacial score (nSPS) is 12.7. The van der Waals surface area contributed by atoms with E-state index < -0.39 is 11.9 Å². The SMILES string of the molecule is CCOC(=O)c1c(NC(=O)CCC(=O)c2ccc3c(c2)CCCC3)oc(C)c1C(C)=O. The van der Waals surface area contributed by atoms with Crippen molar-refractivity contribution in [1.29, 1.82) is 0 Å². The van der Waals surface area contributed by atoms with Gasteiger partial charge < -0.3 is 9.15 Å². The first-order valence-electron chi connectivity index (χ1n) is 10.6. The number of ketones is 2. The minimum Gasteiger partial charge on any atom is -0.462 e. The molecule has 0 unspecified atom stereocenters. The number of Topliss-reactive ketones (excluding diaryl/α,β-unsaturated/α-hetero) is 2. The van der Waals surface area contributed by atoms with Gasteiger partial charge in [-0.25, -0.2) is 4.79 Å². The molecule has 2 aromatic rings. The first-order chi connectivity index (χ1) is 14.8. The molecule has 7 heteroatoms. The van der Waals surface area contributed by atoms with Crippen molar-refractivity contribution in [2.75, 3.05) is 11.9 Å². The summed E-state index contributed by atoms with van der Waals surface area (Å²) < 4.78 is 10.5. The first-order valence-corrected chi connectivity index (χ1v) is 10.6. The third-order valence-corrected chi connectivity index (χ3v) is 5.42. The Kier molecular flexibility index (Phi) is 7.05. The van der Waals surface area contributed by atoms with Gasteiger partial charge in [0.25, 0.3) is 0 Å². The van der Waals surface area contributed by atoms with Gasteiger partial charge >= 0.3 is 5.97 Å². The Labute approximate surface area is 181 Å². The van der Waals surface area contributed by atoms with E-state index in [0.29, 0.717) is 5.56 Å². The van der Waals surface area contributed by atoms with E-state index in [1.807, 2.05) is 18.2 Å². The third-order valence-electron chi connectivity index (χ3n) is 5.42. The van der Waals surface area contributed by atoms with E-state index in [0.717, 1.165) is 19.3 Å². The van der Waals surface area contributed by atoms with Crippen LogP contribution >= 0.6 is 0 Å². The summed E-state index contributed by atoms with van der Waals surface area (Å²) in [5, 5.41) is 2.51. The van der Waals surface area contributed by atoms with Gasteiger partial charge in [-0.15, -0.1) is 0 Å². The summed E-state index contributed by atoms with van der Waals surface area (Å²) in [6.07, 6.45) is 4.27. The maximum Gasteiger partial charge on any atom is 0.344 e. The van der Waals surface area contributed by atoms with Gasteiger partial charge in [0.2, 0.25) is 11.8 Å². The molecule has 1 aliphatic carbocycles. The second-order valence-corrected chi connectivity index (χ2v) is 7.68. The number of esters is 1. The van der Waals surface area contributed by atoms with Crippen molar-refractivity contribution in [3.05, 3.63) is 51.8 Å². The molecule has 0 spiro atoms. The molecule has 1 N–H and O–H groups in total. The van der Waals surface area contributed by atoms with E-state index in [-0.39, 0.29) is 53.8 Å². The van der Waals surface area contributed by atoms with Crippen LogP contribution in [0.5, 0.6) is 0 Å². The van der Waals surface area contributed by atoms with Crippen molar-refractivity contribution in [3.63, 3.8) is 0 Å². The number of ether oxygens (including phenoxy) is 1. The predicted molar refractivity (Wildman–Crippen MR) is 115 cm³/mol. The Morgan fingerprint density at radius 3 is 2.42 bits per heavy atom. The fourth-order valence-electron chi connectivity index (χ4n) is 3.92. The molecule has 0 radical (unpaired) electrons. The summed E-state index contributed by atoms with van der Waals surface area (Å²) in [5.74, 6) is -1.63. The molecule has 1 heterocycles. The van der Waals surface area contributed by atoms with E-state index in [2.05, 4.69) is 5.32 Å². The number of nitrogens with one attached hydrogen (secondary N) is 1. The Hall–Kier alpha value is -3.22. The molecule has 0 fully saturated rings. The van der Waals surface area contributed by atoms with Gasteiger partial charge in [0.05, 0.1) is 12.2 Å². The van der Waals surface area contributed by atoms with Gasteiger partial charge in [0, 0.05) is 18.4 Å². The zero-order chi connectivity index (χ0) is 22.5. The largest absolute Gasteiger partial charge is 0.462 e. The molecule has 0 bridgehead atoms. The topological polar surface area (TPSA) is 103 Å². The predicted octanol–water partition coefficient (Wildman–Crippen LogP) is 4.45. The van der Waals surface area contributed by atoms with E-state index in [4.69, 9.17) is 9.15 Å². The quantitative estimate of drug-likeness (QED) is 0.495. The number of amides is 1. The Balaban J connectivity index is 1.68. The first kappa shape index (κ1) is 22.5. The van der Waals surface area contributed by atoms with Crippen molar-refractivity contribution >= 4 is 29.3 Å². The summed E-state index contributed by atoms with van der Waals surface area (Å²) in [5.41, 5.74) is 3.10. The summed E-state index contributed by atoms with van der Waals surface area (Å²) in [6, 6.07) is 5.75. The van der Waals surface area contributed by atoms with Crippen LogP contribution in [0.2, 0.25) is 0 Å². The molecule has 164 valence electrons. The lowest BCUT2D eigenvalue weighted by molar-refractivity contribution is -0.116. The van der Waals surface area contributed by atoms with E-state index in [9.17, 15) is 19.2 Å².